The van der Waals surface area contributed by atoms with Crippen molar-refractivity contribution in [1.29, 1.82) is 0 Å². The molecule has 122 valence electrons. The number of hydrogen-bond donors (Lipinski definition) is 2. The molecule has 0 bridgehead atoms. The molecule has 0 aromatic rings. The van der Waals surface area contributed by atoms with Crippen LogP contribution in [0.5, 0.6) is 0 Å². The monoisotopic (exact) mass is 298 g/mol. The largest absolute Gasteiger partial charge is 0.444 e. The molecule has 1 aliphatic carbocycles. The number of ether oxygens (including phenoxy) is 1. The zero-order chi connectivity index (χ0) is 15.7. The van der Waals surface area contributed by atoms with Crippen molar-refractivity contribution in [3.8, 4) is 0 Å². The Bertz CT molecular complexity index is 364. The summed E-state index contributed by atoms with van der Waals surface area (Å²) >= 11 is 0. The lowest BCUT2D eigenvalue weighted by molar-refractivity contribution is -0.112. The first-order chi connectivity index (χ1) is 9.71. The number of nitrogens with two attached hydrogens (primary N) is 1. The Morgan fingerprint density at radius 3 is 2.24 bits per heavy atom. The Balaban J connectivity index is 1.73. The van der Waals surface area contributed by atoms with Gasteiger partial charge in [-0.1, -0.05) is 12.8 Å². The van der Waals surface area contributed by atoms with E-state index in [0.717, 1.165) is 25.8 Å². The highest BCUT2D eigenvalue weighted by atomic mass is 16.6. The van der Waals surface area contributed by atoms with Crippen LogP contribution in [-0.4, -0.2) is 46.9 Å². The molecule has 3 N–H and O–H groups in total. The van der Waals surface area contributed by atoms with E-state index in [0.29, 0.717) is 24.9 Å². The molecule has 0 radical (unpaired) electrons. The molecule has 0 spiro atoms. The molecule has 1 aliphatic heterocycles. The highest BCUT2D eigenvalue weighted by Gasteiger charge is 2.46. The van der Waals surface area contributed by atoms with Gasteiger partial charge in [0, 0.05) is 0 Å². The fourth-order valence-corrected chi connectivity index (χ4v) is 3.46. The van der Waals surface area contributed by atoms with Crippen LogP contribution in [0.15, 0.2) is 0 Å². The van der Waals surface area contributed by atoms with Gasteiger partial charge >= 0.3 is 6.09 Å². The summed E-state index contributed by atoms with van der Waals surface area (Å²) in [5.74, 6) is 1.23. The average Bonchev–Trinajstić information content (AvgIpc) is 2.34. The third-order valence-corrected chi connectivity index (χ3v) is 4.59. The molecular formula is C16H30N2O3. The number of rotatable bonds is 3. The number of amides is 1. The quantitative estimate of drug-likeness (QED) is 0.837. The fourth-order valence-electron chi connectivity index (χ4n) is 3.46. The predicted molar refractivity (Wildman–Crippen MR) is 81.9 cm³/mol. The van der Waals surface area contributed by atoms with E-state index in [2.05, 4.69) is 0 Å². The molecular weight excluding hydrogens is 268 g/mol. The van der Waals surface area contributed by atoms with Gasteiger partial charge in [-0.15, -0.1) is 0 Å². The van der Waals surface area contributed by atoms with Crippen molar-refractivity contribution in [3.05, 3.63) is 0 Å². The Kier molecular flexibility index (Phi) is 4.83. The van der Waals surface area contributed by atoms with Crippen LogP contribution in [0, 0.1) is 11.8 Å². The van der Waals surface area contributed by atoms with Crippen LogP contribution in [0.2, 0.25) is 0 Å². The molecule has 0 aromatic carbocycles. The Morgan fingerprint density at radius 2 is 1.76 bits per heavy atom. The molecule has 1 saturated heterocycles. The zero-order valence-corrected chi connectivity index (χ0v) is 13.6. The summed E-state index contributed by atoms with van der Waals surface area (Å²) in [5.41, 5.74) is 4.52. The number of likely N-dealkylation sites (tertiary alicyclic amines) is 1. The maximum absolute atomic E-state index is 11.9. The minimum absolute atomic E-state index is 0.320. The van der Waals surface area contributed by atoms with Gasteiger partial charge < -0.3 is 20.5 Å². The van der Waals surface area contributed by atoms with Gasteiger partial charge in [0.1, 0.15) is 11.2 Å². The zero-order valence-electron chi connectivity index (χ0n) is 13.6. The van der Waals surface area contributed by atoms with Gasteiger partial charge in [0.05, 0.1) is 13.1 Å². The van der Waals surface area contributed by atoms with Crippen molar-refractivity contribution < 1.29 is 14.6 Å². The second kappa shape index (κ2) is 6.13. The molecule has 21 heavy (non-hydrogen) atoms. The van der Waals surface area contributed by atoms with Gasteiger partial charge in [-0.25, -0.2) is 4.79 Å². The van der Waals surface area contributed by atoms with Crippen molar-refractivity contribution in [2.75, 3.05) is 19.6 Å². The maximum atomic E-state index is 11.9. The molecule has 5 heteroatoms. The normalized spacial score (nSPS) is 28.9. The summed E-state index contributed by atoms with van der Waals surface area (Å²) in [6, 6.07) is 0. The van der Waals surface area contributed by atoms with E-state index in [9.17, 15) is 9.90 Å². The lowest BCUT2D eigenvalue weighted by Gasteiger charge is -2.48. The van der Waals surface area contributed by atoms with Crippen molar-refractivity contribution in [1.82, 2.24) is 4.90 Å². The van der Waals surface area contributed by atoms with Crippen molar-refractivity contribution in [3.63, 3.8) is 0 Å². The summed E-state index contributed by atoms with van der Waals surface area (Å²) < 4.78 is 5.32. The van der Waals surface area contributed by atoms with E-state index in [1.807, 2.05) is 20.8 Å². The third-order valence-electron chi connectivity index (χ3n) is 4.59. The topological polar surface area (TPSA) is 75.8 Å². The minimum atomic E-state index is -0.711. The van der Waals surface area contributed by atoms with Gasteiger partial charge in [-0.05, 0) is 58.4 Å². The standard InChI is InChI=1S/C16H30N2O3/c1-15(2,3)21-14(19)18-10-16(20,11-18)8-12-4-6-13(9-17)7-5-12/h12-13,20H,4-11,17H2,1-3H3. The van der Waals surface area contributed by atoms with E-state index in [-0.39, 0.29) is 6.09 Å². The highest BCUT2D eigenvalue weighted by Crippen LogP contribution is 2.37. The minimum Gasteiger partial charge on any atom is -0.444 e. The van der Waals surface area contributed by atoms with Crippen LogP contribution >= 0.6 is 0 Å². The van der Waals surface area contributed by atoms with Crippen LogP contribution in [-0.2, 0) is 4.74 Å². The number of aliphatic hydroxyl groups is 1. The summed E-state index contributed by atoms with van der Waals surface area (Å²) in [5, 5.41) is 10.5. The Labute approximate surface area is 127 Å². The Morgan fingerprint density at radius 1 is 1.24 bits per heavy atom. The molecule has 5 nitrogen and oxygen atoms in total. The molecule has 2 rings (SSSR count). The molecule has 1 saturated carbocycles. The number of nitrogens with zero attached hydrogens (tertiary/aromatic N) is 1. The second-order valence-electron chi connectivity index (χ2n) is 7.89. The predicted octanol–water partition coefficient (Wildman–Crippen LogP) is 2.12. The second-order valence-corrected chi connectivity index (χ2v) is 7.89. The summed E-state index contributed by atoms with van der Waals surface area (Å²) in [6.45, 7) is 7.15. The molecule has 2 aliphatic rings. The van der Waals surface area contributed by atoms with Gasteiger partial charge in [-0.3, -0.25) is 0 Å². The SMILES string of the molecule is CC(C)(C)OC(=O)N1CC(O)(CC2CCC(CN)CC2)C1. The molecule has 0 aromatic heterocycles. The average molecular weight is 298 g/mol. The molecule has 0 atom stereocenters. The first-order valence-corrected chi connectivity index (χ1v) is 8.11. The number of hydrogen-bond acceptors (Lipinski definition) is 4. The molecule has 2 fully saturated rings. The van der Waals surface area contributed by atoms with E-state index >= 15 is 0 Å². The third kappa shape index (κ3) is 4.58. The van der Waals surface area contributed by atoms with Crippen molar-refractivity contribution in [2.24, 2.45) is 17.6 Å². The van der Waals surface area contributed by atoms with Crippen LogP contribution in [0.25, 0.3) is 0 Å². The van der Waals surface area contributed by atoms with Gasteiger partial charge in [-0.2, -0.15) is 0 Å². The first-order valence-electron chi connectivity index (χ1n) is 8.11. The van der Waals surface area contributed by atoms with E-state index in [1.165, 1.54) is 12.8 Å². The lowest BCUT2D eigenvalue weighted by atomic mass is 9.75. The van der Waals surface area contributed by atoms with Crippen molar-refractivity contribution >= 4 is 6.09 Å². The molecule has 1 heterocycles. The highest BCUT2D eigenvalue weighted by molar-refractivity contribution is 5.69. The maximum Gasteiger partial charge on any atom is 0.410 e. The van der Waals surface area contributed by atoms with E-state index in [4.69, 9.17) is 10.5 Å². The number of carbonyl (C=O) groups is 1. The van der Waals surface area contributed by atoms with Crippen molar-refractivity contribution in [2.45, 2.75) is 64.1 Å². The number of carbonyl (C=O) groups excluding carboxylic acids is 1. The van der Waals surface area contributed by atoms with Gasteiger partial charge in [0.2, 0.25) is 0 Å². The number of β-amino-alcohol motifs (C(OH)–C–C–N with tert-alkyl or cyclic N) is 1. The van der Waals surface area contributed by atoms with Crippen LogP contribution in [0.4, 0.5) is 4.79 Å². The summed E-state index contributed by atoms with van der Waals surface area (Å²) in [6.07, 6.45) is 5.12. The van der Waals surface area contributed by atoms with Crippen LogP contribution in [0.3, 0.4) is 0 Å². The van der Waals surface area contributed by atoms with E-state index in [1.54, 1.807) is 4.90 Å². The van der Waals surface area contributed by atoms with Crippen LogP contribution < -0.4 is 5.73 Å². The fraction of sp³-hybridized carbons (Fsp3) is 0.938. The Hall–Kier alpha value is -0.810. The van der Waals surface area contributed by atoms with Gasteiger partial charge in [0.15, 0.2) is 0 Å². The molecule has 0 unspecified atom stereocenters. The first kappa shape index (κ1) is 16.6. The van der Waals surface area contributed by atoms with E-state index < -0.39 is 11.2 Å². The lowest BCUT2D eigenvalue weighted by Crippen LogP contribution is -2.64. The van der Waals surface area contributed by atoms with Gasteiger partial charge in [0.25, 0.3) is 0 Å². The summed E-state index contributed by atoms with van der Waals surface area (Å²) in [4.78, 5) is 13.5. The summed E-state index contributed by atoms with van der Waals surface area (Å²) in [7, 11) is 0. The smallest absolute Gasteiger partial charge is 0.410 e. The van der Waals surface area contributed by atoms with Crippen LogP contribution in [0.1, 0.15) is 52.9 Å². The molecule has 1 amide bonds.